The van der Waals surface area contributed by atoms with Gasteiger partial charge in [0.15, 0.2) is 0 Å². The van der Waals surface area contributed by atoms with Crippen molar-refractivity contribution in [2.75, 3.05) is 6.61 Å². The Morgan fingerprint density at radius 3 is 1.86 bits per heavy atom. The number of halogens is 1. The number of aromatic amines is 1. The van der Waals surface area contributed by atoms with E-state index in [1.165, 1.54) is 3.12 Å². The zero-order valence-electron chi connectivity index (χ0n) is 12.5. The van der Waals surface area contributed by atoms with Gasteiger partial charge < -0.3 is 5.11 Å². The van der Waals surface area contributed by atoms with Crippen molar-refractivity contribution in [1.29, 1.82) is 0 Å². The van der Waals surface area contributed by atoms with Crippen LogP contribution in [-0.4, -0.2) is 54.4 Å². The molecule has 0 bridgehead atoms. The second kappa shape index (κ2) is 10.9. The van der Waals surface area contributed by atoms with Gasteiger partial charge in [0.2, 0.25) is 0 Å². The Morgan fingerprint density at radius 1 is 1.27 bits per heavy atom. The Morgan fingerprint density at radius 2 is 1.64 bits per heavy atom. The number of carboxylic acid groups (broad SMARTS) is 1. The predicted molar refractivity (Wildman–Crippen MR) is 64.9 cm³/mol. The maximum Gasteiger partial charge on any atom is -0.112 e. The van der Waals surface area contributed by atoms with Crippen molar-refractivity contribution in [3.05, 3.63) is 17.0 Å². The Labute approximate surface area is 145 Å². The number of aryl methyl sites for hydroxylation is 1. The Bertz CT molecular complexity index is 487. The fourth-order valence-electron chi connectivity index (χ4n) is 1.17. The van der Waals surface area contributed by atoms with E-state index in [9.17, 15) is 4.79 Å². The largest absolute Gasteiger partial charge is 0.222 e. The Hall–Kier alpha value is -0.728. The van der Waals surface area contributed by atoms with Crippen LogP contribution in [0.4, 0.5) is 0 Å². The van der Waals surface area contributed by atoms with Crippen LogP contribution < -0.4 is 21.8 Å². The summed E-state index contributed by atoms with van der Waals surface area (Å²) in [5.74, 6) is -1.07. The third-order valence-electron chi connectivity index (χ3n) is 1.98. The molecule has 0 saturated carbocycles. The van der Waals surface area contributed by atoms with E-state index in [-0.39, 0.29) is 5.97 Å². The molecule has 0 aliphatic carbocycles. The fourth-order valence-corrected chi connectivity index (χ4v) is 2.01. The molecule has 2 N–H and O–H groups in total. The minimum atomic E-state index is -4.94. The van der Waals surface area contributed by atoms with Gasteiger partial charge in [0.05, 0.1) is 0 Å². The molecule has 0 aliphatic heterocycles. The van der Waals surface area contributed by atoms with Gasteiger partial charge in [-0.2, -0.15) is 0 Å². The van der Waals surface area contributed by atoms with Gasteiger partial charge in [-0.3, -0.25) is 4.79 Å². The summed E-state index contributed by atoms with van der Waals surface area (Å²) in [7, 11) is -4.94. The van der Waals surface area contributed by atoms with Gasteiger partial charge in [-0.05, 0) is 0 Å². The standard InChI is InChI=1S/C9H12NO2.C2H4O2.ClHO4.Tl/c1-4-12-9(11)8-6(2)5-7(3)10-8;1-2(3)4;2-1(3,4)5;/h10H,4H2,1-3H3;1H3,(H,3,4);(H,2,3,4,5);/p-1. The molecule has 11 heteroatoms. The van der Waals surface area contributed by atoms with Crippen LogP contribution in [0.2, 0.25) is 0 Å². The molecule has 0 aromatic carbocycles. The van der Waals surface area contributed by atoms with Crippen molar-refractivity contribution in [3.63, 3.8) is 0 Å². The number of esters is 1. The summed E-state index contributed by atoms with van der Waals surface area (Å²) in [6.07, 6.45) is 0. The van der Waals surface area contributed by atoms with Crippen LogP contribution >= 0.6 is 0 Å². The minimum Gasteiger partial charge on any atom is -0.222 e. The second-order valence-electron chi connectivity index (χ2n) is 3.78. The number of carboxylic acids is 1. The minimum absolute atomic E-state index is 0.241. The Balaban J connectivity index is 0. The summed E-state index contributed by atoms with van der Waals surface area (Å²) in [5, 5.41) is 7.42. The van der Waals surface area contributed by atoms with Gasteiger partial charge in [0.25, 0.3) is 5.97 Å². The molecule has 1 rings (SSSR count). The molecular weight excluding hydrogens is 514 g/mol. The molecule has 124 valence electrons. The summed E-state index contributed by atoms with van der Waals surface area (Å²) >= 11 is 0.754. The van der Waals surface area contributed by atoms with Crippen LogP contribution in [0, 0.1) is 24.1 Å². The number of rotatable bonds is 2. The van der Waals surface area contributed by atoms with E-state index in [1.54, 1.807) is 0 Å². The second-order valence-corrected chi connectivity index (χ2v) is 6.78. The zero-order valence-corrected chi connectivity index (χ0v) is 17.7. The van der Waals surface area contributed by atoms with E-state index in [2.05, 4.69) is 4.98 Å². The smallest absolute Gasteiger partial charge is 0.112 e. The van der Waals surface area contributed by atoms with E-state index in [0.717, 1.165) is 43.9 Å². The number of hydrogen-bond acceptors (Lipinski definition) is 7. The number of carbonyl (C=O) groups excluding carboxylic acids is 1. The molecule has 1 aromatic heterocycles. The van der Waals surface area contributed by atoms with Gasteiger partial charge in [0, 0.05) is 6.92 Å². The molecule has 0 saturated heterocycles. The first kappa shape index (κ1) is 23.5. The van der Waals surface area contributed by atoms with Crippen LogP contribution in [0.25, 0.3) is 0 Å². The number of aromatic nitrogens is 1. The van der Waals surface area contributed by atoms with Crippen molar-refractivity contribution < 1.29 is 48.3 Å². The van der Waals surface area contributed by atoms with Crippen LogP contribution in [0.1, 0.15) is 35.6 Å². The molecule has 0 spiro atoms. The number of aliphatic carboxylic acids is 1. The third-order valence-corrected chi connectivity index (χ3v) is 5.34. The fraction of sp³-hybridized carbons (Fsp3) is 0.455. The van der Waals surface area contributed by atoms with Crippen LogP contribution in [-0.2, 0) is 9.53 Å². The van der Waals surface area contributed by atoms with E-state index in [4.69, 9.17) is 33.3 Å². The molecule has 9 nitrogen and oxygen atoms in total. The molecule has 1 aromatic rings. The van der Waals surface area contributed by atoms with E-state index in [1.807, 2.05) is 20.8 Å². The normalized spacial score (nSPS) is 9.77. The molecule has 22 heavy (non-hydrogen) atoms. The molecule has 0 unspecified atom stereocenters. The van der Waals surface area contributed by atoms with Gasteiger partial charge in [-0.1, -0.05) is 0 Å². The molecule has 0 amide bonds. The summed E-state index contributed by atoms with van der Waals surface area (Å²) < 4.78 is 40.2. The first-order valence-corrected chi connectivity index (χ1v) is 9.22. The number of ether oxygens (including phenoxy) is 1. The van der Waals surface area contributed by atoms with Crippen molar-refractivity contribution in [2.45, 2.75) is 27.7 Å². The average Bonchev–Trinajstić information content (AvgIpc) is 2.54. The molecule has 0 radical (unpaired) electrons. The molecular formula is C11H16ClNO8Tl-. The monoisotopic (exact) mass is 530 g/mol. The molecule has 0 aliphatic rings. The van der Waals surface area contributed by atoms with E-state index in [0.29, 0.717) is 12.3 Å². The number of carbonyl (C=O) groups is 2. The topological polar surface area (TPSA) is 172 Å². The van der Waals surface area contributed by atoms with Gasteiger partial charge in [-0.25, -0.2) is 18.6 Å². The zero-order chi connectivity index (χ0) is 18.1. The van der Waals surface area contributed by atoms with Crippen molar-refractivity contribution >= 4 is 40.8 Å². The summed E-state index contributed by atoms with van der Waals surface area (Å²) in [5.41, 5.74) is 2.78. The van der Waals surface area contributed by atoms with Gasteiger partial charge in [0.1, 0.15) is 0 Å². The number of nitrogens with one attached hydrogen (secondary N) is 1. The van der Waals surface area contributed by atoms with Gasteiger partial charge >= 0.3 is 93.7 Å². The van der Waals surface area contributed by atoms with E-state index < -0.39 is 16.2 Å². The van der Waals surface area contributed by atoms with Crippen LogP contribution in [0.15, 0.2) is 0 Å². The predicted octanol–water partition coefficient (Wildman–Crippen LogP) is -4.06. The maximum absolute atomic E-state index is 11.4. The number of hydrogen-bond donors (Lipinski definition) is 2. The third kappa shape index (κ3) is 13.0. The average molecular weight is 530 g/mol. The van der Waals surface area contributed by atoms with Crippen molar-refractivity contribution in [3.8, 4) is 0 Å². The Kier molecular flexibility index (Phi) is 11.7. The van der Waals surface area contributed by atoms with Crippen LogP contribution in [0.5, 0.6) is 0 Å². The maximum atomic E-state index is 11.4. The SMILES string of the molecule is CC(=O)O.CCOC(=O)c1[nH]c(C)[c]([Tl])c1C.[O-][Cl+3]([O-])([O-])[O-]. The van der Waals surface area contributed by atoms with Crippen LogP contribution in [0.3, 0.4) is 0 Å². The summed E-state index contributed by atoms with van der Waals surface area (Å²) in [6, 6.07) is 0. The van der Waals surface area contributed by atoms with Crippen molar-refractivity contribution in [2.24, 2.45) is 0 Å². The number of H-pyrrole nitrogens is 1. The molecule has 1 heterocycles. The first-order chi connectivity index (χ1) is 9.81. The molecule has 0 atom stereocenters. The summed E-state index contributed by atoms with van der Waals surface area (Å²) in [6.45, 7) is 7.28. The summed E-state index contributed by atoms with van der Waals surface area (Å²) in [4.78, 5) is 23.5. The quantitative estimate of drug-likeness (QED) is 0.287. The first-order valence-electron chi connectivity index (χ1n) is 5.74. The molecule has 0 fully saturated rings. The van der Waals surface area contributed by atoms with E-state index >= 15 is 0 Å². The van der Waals surface area contributed by atoms with Crippen molar-refractivity contribution in [1.82, 2.24) is 4.98 Å². The van der Waals surface area contributed by atoms with Gasteiger partial charge in [-0.15, -0.1) is 10.2 Å².